The summed E-state index contributed by atoms with van der Waals surface area (Å²) in [4.78, 5) is 36.4. The van der Waals surface area contributed by atoms with Gasteiger partial charge in [-0.3, -0.25) is 9.59 Å². The average molecular weight is 340 g/mol. The zero-order valence-corrected chi connectivity index (χ0v) is 13.9. The molecule has 0 heterocycles. The molecule has 130 valence electrons. The average Bonchev–Trinajstić information content (AvgIpc) is 2.61. The SMILES string of the molecule is CC(=O)CCC(O)(C(=O)Nc1ccccc1)C(=O)Nc1ccccc1. The minimum atomic E-state index is -2.36. The van der Waals surface area contributed by atoms with Crippen molar-refractivity contribution in [3.05, 3.63) is 60.7 Å². The molecule has 6 nitrogen and oxygen atoms in total. The summed E-state index contributed by atoms with van der Waals surface area (Å²) in [5.74, 6) is -1.99. The number of carbonyl (C=O) groups is 3. The molecule has 2 aromatic rings. The van der Waals surface area contributed by atoms with E-state index in [2.05, 4.69) is 10.6 Å². The van der Waals surface area contributed by atoms with E-state index in [0.29, 0.717) is 11.4 Å². The third-order valence-corrected chi connectivity index (χ3v) is 3.65. The molecule has 0 aromatic heterocycles. The highest BCUT2D eigenvalue weighted by Crippen LogP contribution is 2.20. The number of ketones is 1. The fraction of sp³-hybridized carbons (Fsp3) is 0.211. The molecule has 0 fully saturated rings. The van der Waals surface area contributed by atoms with Gasteiger partial charge in [0.05, 0.1) is 0 Å². The van der Waals surface area contributed by atoms with Gasteiger partial charge in [-0.2, -0.15) is 0 Å². The molecular formula is C19H20N2O4. The Labute approximate surface area is 145 Å². The van der Waals surface area contributed by atoms with Crippen LogP contribution in [0.15, 0.2) is 60.7 Å². The van der Waals surface area contributed by atoms with Crippen LogP contribution in [0.2, 0.25) is 0 Å². The van der Waals surface area contributed by atoms with Gasteiger partial charge in [-0.1, -0.05) is 36.4 Å². The molecule has 2 amide bonds. The van der Waals surface area contributed by atoms with E-state index in [4.69, 9.17) is 0 Å². The maximum atomic E-state index is 12.5. The number of anilines is 2. The summed E-state index contributed by atoms with van der Waals surface area (Å²) in [6, 6.07) is 17.0. The Hall–Kier alpha value is -2.99. The van der Waals surface area contributed by atoms with Crippen molar-refractivity contribution in [2.45, 2.75) is 25.4 Å². The standard InChI is InChI=1S/C19H20N2O4/c1-14(22)12-13-19(25,17(23)20-15-8-4-2-5-9-15)18(24)21-16-10-6-3-7-11-16/h2-11,25H,12-13H2,1H3,(H,20,23)(H,21,24). The van der Waals surface area contributed by atoms with Gasteiger partial charge in [0.25, 0.3) is 11.8 Å². The van der Waals surface area contributed by atoms with Crippen molar-refractivity contribution in [3.63, 3.8) is 0 Å². The second-order valence-corrected chi connectivity index (χ2v) is 5.70. The molecule has 6 heteroatoms. The maximum Gasteiger partial charge on any atom is 0.266 e. The lowest BCUT2D eigenvalue weighted by Gasteiger charge is -2.25. The van der Waals surface area contributed by atoms with Gasteiger partial charge in [0, 0.05) is 24.2 Å². The van der Waals surface area contributed by atoms with Gasteiger partial charge < -0.3 is 20.5 Å². The van der Waals surface area contributed by atoms with Crippen LogP contribution in [0.5, 0.6) is 0 Å². The van der Waals surface area contributed by atoms with Crippen molar-refractivity contribution in [1.29, 1.82) is 0 Å². The van der Waals surface area contributed by atoms with Crippen LogP contribution >= 0.6 is 0 Å². The summed E-state index contributed by atoms with van der Waals surface area (Å²) in [6.45, 7) is 1.34. The third-order valence-electron chi connectivity index (χ3n) is 3.65. The monoisotopic (exact) mass is 340 g/mol. The van der Waals surface area contributed by atoms with E-state index in [1.807, 2.05) is 0 Å². The Balaban J connectivity index is 2.21. The number of hydrogen-bond acceptors (Lipinski definition) is 4. The van der Waals surface area contributed by atoms with Crippen LogP contribution in [0.4, 0.5) is 11.4 Å². The number of rotatable bonds is 7. The van der Waals surface area contributed by atoms with Gasteiger partial charge in [-0.05, 0) is 31.2 Å². The lowest BCUT2D eigenvalue weighted by atomic mass is 9.93. The molecule has 25 heavy (non-hydrogen) atoms. The molecule has 0 radical (unpaired) electrons. The quantitative estimate of drug-likeness (QED) is 0.674. The first-order valence-electron chi connectivity index (χ1n) is 7.86. The zero-order valence-electron chi connectivity index (χ0n) is 13.9. The van der Waals surface area contributed by atoms with E-state index in [9.17, 15) is 19.5 Å². The first-order valence-corrected chi connectivity index (χ1v) is 7.86. The summed E-state index contributed by atoms with van der Waals surface area (Å²) in [5, 5.41) is 15.8. The Morgan fingerprint density at radius 1 is 0.840 bits per heavy atom. The van der Waals surface area contributed by atoms with Crippen molar-refractivity contribution in [3.8, 4) is 0 Å². The van der Waals surface area contributed by atoms with Crippen LogP contribution in [-0.4, -0.2) is 28.3 Å². The van der Waals surface area contributed by atoms with Gasteiger partial charge >= 0.3 is 0 Å². The van der Waals surface area contributed by atoms with Crippen LogP contribution in [0.3, 0.4) is 0 Å². The molecule has 2 aromatic carbocycles. The molecule has 0 unspecified atom stereocenters. The highest BCUT2D eigenvalue weighted by atomic mass is 16.3. The second kappa shape index (κ2) is 8.21. The third kappa shape index (κ3) is 4.99. The summed E-state index contributed by atoms with van der Waals surface area (Å²) >= 11 is 0. The van der Waals surface area contributed by atoms with Gasteiger partial charge in [-0.15, -0.1) is 0 Å². The van der Waals surface area contributed by atoms with Crippen LogP contribution in [0, 0.1) is 0 Å². The number of para-hydroxylation sites is 2. The Morgan fingerprint density at radius 3 is 1.60 bits per heavy atom. The van der Waals surface area contributed by atoms with Crippen molar-refractivity contribution in [2.75, 3.05) is 10.6 Å². The molecule has 0 aliphatic carbocycles. The molecule has 0 saturated carbocycles. The number of Topliss-reactive ketones (excluding diaryl/α,β-unsaturated/α-hetero) is 1. The molecule has 0 atom stereocenters. The Bertz CT molecular complexity index is 691. The van der Waals surface area contributed by atoms with Gasteiger partial charge in [-0.25, -0.2) is 0 Å². The first-order chi connectivity index (χ1) is 11.9. The minimum Gasteiger partial charge on any atom is -0.372 e. The predicted octanol–water partition coefficient (Wildman–Crippen LogP) is 2.36. The van der Waals surface area contributed by atoms with Crippen LogP contribution in [0.1, 0.15) is 19.8 Å². The number of hydrogen-bond donors (Lipinski definition) is 3. The number of carbonyl (C=O) groups excluding carboxylic acids is 3. The molecule has 0 aliphatic rings. The number of aliphatic hydroxyl groups is 1. The van der Waals surface area contributed by atoms with E-state index >= 15 is 0 Å². The molecule has 0 bridgehead atoms. The highest BCUT2D eigenvalue weighted by molar-refractivity contribution is 6.17. The number of nitrogens with one attached hydrogen (secondary N) is 2. The molecular weight excluding hydrogens is 320 g/mol. The van der Waals surface area contributed by atoms with Crippen molar-refractivity contribution >= 4 is 29.0 Å². The molecule has 2 rings (SSSR count). The molecule has 0 spiro atoms. The number of amides is 2. The maximum absolute atomic E-state index is 12.5. The Morgan fingerprint density at radius 2 is 1.24 bits per heavy atom. The molecule has 0 saturated heterocycles. The smallest absolute Gasteiger partial charge is 0.266 e. The summed E-state index contributed by atoms with van der Waals surface area (Å²) in [7, 11) is 0. The van der Waals surface area contributed by atoms with E-state index < -0.39 is 17.4 Å². The van der Waals surface area contributed by atoms with Crippen LogP contribution in [-0.2, 0) is 14.4 Å². The zero-order chi connectivity index (χ0) is 18.3. The van der Waals surface area contributed by atoms with E-state index in [1.54, 1.807) is 60.7 Å². The van der Waals surface area contributed by atoms with Crippen LogP contribution < -0.4 is 10.6 Å². The fourth-order valence-electron chi connectivity index (χ4n) is 2.20. The van der Waals surface area contributed by atoms with Crippen LogP contribution in [0.25, 0.3) is 0 Å². The van der Waals surface area contributed by atoms with E-state index in [1.165, 1.54) is 6.92 Å². The molecule has 0 aliphatic heterocycles. The minimum absolute atomic E-state index is 0.0963. The first kappa shape index (κ1) is 18.4. The van der Waals surface area contributed by atoms with Crippen molar-refractivity contribution in [1.82, 2.24) is 0 Å². The second-order valence-electron chi connectivity index (χ2n) is 5.70. The van der Waals surface area contributed by atoms with E-state index in [-0.39, 0.29) is 18.6 Å². The highest BCUT2D eigenvalue weighted by Gasteiger charge is 2.44. The summed E-state index contributed by atoms with van der Waals surface area (Å²) < 4.78 is 0. The molecule has 3 N–H and O–H groups in total. The van der Waals surface area contributed by atoms with Gasteiger partial charge in [0.2, 0.25) is 5.60 Å². The predicted molar refractivity (Wildman–Crippen MR) is 95.0 cm³/mol. The van der Waals surface area contributed by atoms with Crippen molar-refractivity contribution in [2.24, 2.45) is 0 Å². The largest absolute Gasteiger partial charge is 0.372 e. The van der Waals surface area contributed by atoms with E-state index in [0.717, 1.165) is 0 Å². The number of benzene rings is 2. The lowest BCUT2D eigenvalue weighted by molar-refractivity contribution is -0.148. The normalized spacial score (nSPS) is 10.8. The summed E-state index contributed by atoms with van der Waals surface area (Å²) in [5.41, 5.74) is -1.47. The topological polar surface area (TPSA) is 95.5 Å². The van der Waals surface area contributed by atoms with Crippen molar-refractivity contribution < 1.29 is 19.5 Å². The lowest BCUT2D eigenvalue weighted by Crippen LogP contribution is -2.53. The fourth-order valence-corrected chi connectivity index (χ4v) is 2.20. The van der Waals surface area contributed by atoms with Gasteiger partial charge in [0.15, 0.2) is 0 Å². The van der Waals surface area contributed by atoms with Gasteiger partial charge in [0.1, 0.15) is 5.78 Å². The summed E-state index contributed by atoms with van der Waals surface area (Å²) in [6.07, 6.45) is -0.402. The Kier molecular flexibility index (Phi) is 6.03.